The van der Waals surface area contributed by atoms with E-state index in [9.17, 15) is 9.90 Å². The third kappa shape index (κ3) is 2.83. The number of carbonyl (C=O) groups is 1. The van der Waals surface area contributed by atoms with Crippen molar-refractivity contribution in [2.75, 3.05) is 5.32 Å². The van der Waals surface area contributed by atoms with Gasteiger partial charge in [-0.2, -0.15) is 0 Å². The Morgan fingerprint density at radius 1 is 1.00 bits per heavy atom. The first-order chi connectivity index (χ1) is 16.3. The average Bonchev–Trinajstić information content (AvgIpc) is 3.11. The van der Waals surface area contributed by atoms with Crippen LogP contribution in [0.25, 0.3) is 22.2 Å². The number of urea groups is 1. The van der Waals surface area contributed by atoms with E-state index in [1.807, 2.05) is 44.2 Å². The summed E-state index contributed by atoms with van der Waals surface area (Å²) in [4.78, 5) is 22.2. The lowest BCUT2D eigenvalue weighted by Crippen LogP contribution is -2.51. The van der Waals surface area contributed by atoms with Crippen molar-refractivity contribution in [3.63, 3.8) is 0 Å². The van der Waals surface area contributed by atoms with Gasteiger partial charge in [0.05, 0.1) is 17.2 Å². The largest absolute Gasteiger partial charge is 0.507 e. The number of hydrogen-bond acceptors (Lipinski definition) is 4. The topological polar surface area (TPSA) is 87.1 Å². The molecule has 4 fully saturated rings. The molecule has 3 aromatic rings. The van der Waals surface area contributed by atoms with Gasteiger partial charge in [0.25, 0.3) is 0 Å². The fraction of sp³-hybridized carbons (Fsp3) is 0.464. The molecule has 5 unspecified atom stereocenters. The number of aromatic nitrogens is 2. The molecule has 0 aliphatic heterocycles. The van der Waals surface area contributed by atoms with Gasteiger partial charge in [-0.25, -0.2) is 9.78 Å². The molecule has 174 valence electrons. The number of benzene rings is 2. The third-order valence-electron chi connectivity index (χ3n) is 9.45. The Bertz CT molecular complexity index is 1340. The Kier molecular flexibility index (Phi) is 3.99. The minimum absolute atomic E-state index is 0.0328. The van der Waals surface area contributed by atoms with Crippen LogP contribution in [0.1, 0.15) is 49.7 Å². The van der Waals surface area contributed by atoms with Crippen LogP contribution < -0.4 is 10.6 Å². The number of nitrogens with one attached hydrogen (secondary N) is 2. The molecule has 4 saturated carbocycles. The number of aryl methyl sites for hydroxylation is 2. The Morgan fingerprint density at radius 2 is 1.82 bits per heavy atom. The van der Waals surface area contributed by atoms with Crippen LogP contribution in [0.5, 0.6) is 5.75 Å². The zero-order valence-corrected chi connectivity index (χ0v) is 19.7. The number of rotatable bonds is 3. The molecule has 5 atom stereocenters. The second-order valence-corrected chi connectivity index (χ2v) is 11.5. The van der Waals surface area contributed by atoms with Crippen molar-refractivity contribution in [3.8, 4) is 16.9 Å². The van der Waals surface area contributed by atoms with Crippen molar-refractivity contribution >= 4 is 22.9 Å². The monoisotopic (exact) mass is 454 g/mol. The van der Waals surface area contributed by atoms with Crippen molar-refractivity contribution in [2.24, 2.45) is 23.2 Å². The van der Waals surface area contributed by atoms with Crippen LogP contribution in [0.15, 0.2) is 36.5 Å². The summed E-state index contributed by atoms with van der Waals surface area (Å²) < 4.78 is 0. The first kappa shape index (κ1) is 20.2. The number of carbonyl (C=O) groups excluding carboxylic acids is 1. The number of fused-ring (bicyclic) bond motifs is 3. The Morgan fingerprint density at radius 3 is 2.65 bits per heavy atom. The quantitative estimate of drug-likeness (QED) is 0.473. The van der Waals surface area contributed by atoms with Crippen LogP contribution in [-0.4, -0.2) is 26.6 Å². The van der Waals surface area contributed by atoms with E-state index in [1.54, 1.807) is 6.20 Å². The van der Waals surface area contributed by atoms with Crippen molar-refractivity contribution in [1.82, 2.24) is 15.3 Å². The molecule has 7 rings (SSSR count). The molecule has 4 aliphatic carbocycles. The zero-order chi connectivity index (χ0) is 23.2. The molecule has 1 heterocycles. The van der Waals surface area contributed by atoms with E-state index in [-0.39, 0.29) is 11.6 Å². The zero-order valence-electron chi connectivity index (χ0n) is 19.7. The van der Waals surface area contributed by atoms with Gasteiger partial charge >= 0.3 is 6.03 Å². The smallest absolute Gasteiger partial charge is 0.320 e. The van der Waals surface area contributed by atoms with Crippen molar-refractivity contribution in [2.45, 2.75) is 57.9 Å². The Balaban J connectivity index is 1.12. The van der Waals surface area contributed by atoms with Gasteiger partial charge < -0.3 is 10.4 Å². The van der Waals surface area contributed by atoms with Gasteiger partial charge in [-0.05, 0) is 122 Å². The van der Waals surface area contributed by atoms with Crippen LogP contribution in [-0.2, 0) is 0 Å². The summed E-state index contributed by atoms with van der Waals surface area (Å²) in [5.74, 6) is 3.32. The molecule has 1 aromatic heterocycles. The summed E-state index contributed by atoms with van der Waals surface area (Å²) in [7, 11) is 0. The summed E-state index contributed by atoms with van der Waals surface area (Å²) >= 11 is 0. The maximum Gasteiger partial charge on any atom is 0.320 e. The highest BCUT2D eigenvalue weighted by molar-refractivity contribution is 5.90. The van der Waals surface area contributed by atoms with Crippen LogP contribution in [0.2, 0.25) is 0 Å². The van der Waals surface area contributed by atoms with Crippen LogP contribution in [0, 0.1) is 37.0 Å². The molecular weight excluding hydrogens is 424 g/mol. The first-order valence-corrected chi connectivity index (χ1v) is 12.5. The summed E-state index contributed by atoms with van der Waals surface area (Å²) in [6, 6.07) is 9.73. The molecule has 0 saturated heterocycles. The predicted octanol–water partition coefficient (Wildman–Crippen LogP) is 5.71. The van der Waals surface area contributed by atoms with E-state index in [0.717, 1.165) is 70.3 Å². The fourth-order valence-electron chi connectivity index (χ4n) is 8.27. The maximum absolute atomic E-state index is 13.0. The SMILES string of the molecule is Cc1cc(-c2ccc3ncc(NC(=O)NC45CC6CC7CC(C4)C7(C6)C5)nc3c2)cc(C)c1O. The van der Waals surface area contributed by atoms with Gasteiger partial charge in [-0.1, -0.05) is 6.07 Å². The lowest BCUT2D eigenvalue weighted by Gasteiger charge is -2.49. The number of anilines is 1. The molecular formula is C28H30N4O2. The van der Waals surface area contributed by atoms with Crippen molar-refractivity contribution in [1.29, 1.82) is 0 Å². The van der Waals surface area contributed by atoms with E-state index in [0.29, 0.717) is 17.0 Å². The van der Waals surface area contributed by atoms with E-state index < -0.39 is 0 Å². The van der Waals surface area contributed by atoms with E-state index in [1.165, 1.54) is 19.3 Å². The second-order valence-electron chi connectivity index (χ2n) is 11.5. The highest BCUT2D eigenvalue weighted by Gasteiger charge is 2.71. The number of aromatic hydroxyl groups is 1. The number of phenolic OH excluding ortho intramolecular Hbond substituents is 1. The maximum atomic E-state index is 13.0. The summed E-state index contributed by atoms with van der Waals surface area (Å²) in [5, 5.41) is 16.5. The molecule has 6 nitrogen and oxygen atoms in total. The van der Waals surface area contributed by atoms with Crippen molar-refractivity contribution < 1.29 is 9.90 Å². The lowest BCUT2D eigenvalue weighted by molar-refractivity contribution is -0.000471. The highest BCUT2D eigenvalue weighted by Crippen LogP contribution is 2.76. The molecule has 3 N–H and O–H groups in total. The number of phenols is 1. The molecule has 1 spiro atoms. The van der Waals surface area contributed by atoms with E-state index in [4.69, 9.17) is 4.98 Å². The van der Waals surface area contributed by atoms with E-state index >= 15 is 0 Å². The Labute approximate surface area is 199 Å². The molecule has 34 heavy (non-hydrogen) atoms. The second kappa shape index (κ2) is 6.71. The van der Waals surface area contributed by atoms with Gasteiger partial charge in [-0.15, -0.1) is 0 Å². The lowest BCUT2D eigenvalue weighted by atomic mass is 9.56. The molecule has 4 aliphatic rings. The van der Waals surface area contributed by atoms with E-state index in [2.05, 4.69) is 15.6 Å². The number of nitrogens with zero attached hydrogens (tertiary/aromatic N) is 2. The first-order valence-electron chi connectivity index (χ1n) is 12.5. The summed E-state index contributed by atoms with van der Waals surface area (Å²) in [5.41, 5.74) is 5.73. The van der Waals surface area contributed by atoms with Crippen LogP contribution in [0.3, 0.4) is 0 Å². The van der Waals surface area contributed by atoms with Gasteiger partial charge in [0.2, 0.25) is 0 Å². The molecule has 2 amide bonds. The fourth-order valence-corrected chi connectivity index (χ4v) is 8.27. The average molecular weight is 455 g/mol. The van der Waals surface area contributed by atoms with Crippen molar-refractivity contribution in [3.05, 3.63) is 47.7 Å². The molecule has 0 radical (unpaired) electrons. The van der Waals surface area contributed by atoms with Crippen LogP contribution >= 0.6 is 0 Å². The number of amides is 2. The normalized spacial score (nSPS) is 32.5. The van der Waals surface area contributed by atoms with Gasteiger partial charge in [-0.3, -0.25) is 10.3 Å². The third-order valence-corrected chi connectivity index (χ3v) is 9.45. The summed E-state index contributed by atoms with van der Waals surface area (Å²) in [6.07, 6.45) is 9.22. The standard InChI is InChI=1S/C28H30N4O2/c1-15-5-19(6-16(2)25(15)33)18-3-4-22-23(8-18)30-24(13-29-22)31-26(34)32-27-10-17-7-20-9-21(12-27)28(20,11-17)14-27/h3-6,8,13,17,20-21,33H,7,9-12,14H2,1-2H3,(H2,30,31,32,34). The molecule has 2 aromatic carbocycles. The minimum atomic E-state index is -0.162. The predicted molar refractivity (Wildman–Crippen MR) is 132 cm³/mol. The minimum Gasteiger partial charge on any atom is -0.507 e. The van der Waals surface area contributed by atoms with Crippen LogP contribution in [0.4, 0.5) is 10.6 Å². The summed E-state index contributed by atoms with van der Waals surface area (Å²) in [6.45, 7) is 3.81. The Hall–Kier alpha value is -3.15. The number of hydrogen-bond donors (Lipinski definition) is 3. The van der Waals surface area contributed by atoms with Gasteiger partial charge in [0, 0.05) is 5.54 Å². The van der Waals surface area contributed by atoms with Gasteiger partial charge in [0.15, 0.2) is 5.82 Å². The molecule has 6 heteroatoms. The highest BCUT2D eigenvalue weighted by atomic mass is 16.3. The van der Waals surface area contributed by atoms with Gasteiger partial charge in [0.1, 0.15) is 5.75 Å². The molecule has 3 bridgehead atoms.